The number of primary amides is 1. The van der Waals surface area contributed by atoms with Crippen LogP contribution in [-0.4, -0.2) is 88.5 Å². The number of aliphatic hydroxyl groups is 1. The maximum atomic E-state index is 14.4. The molecule has 6 rings (SSSR count). The highest BCUT2D eigenvalue weighted by molar-refractivity contribution is 6.32. The molecule has 5 N–H and O–H groups in total. The molecule has 2 amide bonds. The molecule has 2 saturated carbocycles. The van der Waals surface area contributed by atoms with Gasteiger partial charge in [-0.1, -0.05) is 29.8 Å². The summed E-state index contributed by atoms with van der Waals surface area (Å²) in [5.74, 6) is -11.5. The standard InChI is InChI=1S/C34H37N3O9/c1-15-6-8-16(9-7-15)19-12-18(14-36-33(44)22-5-4-10-46-22)27(38)24-20(19)11-17-13-21-26(37(2)3)29(40)25(32(35)43)31(42)34(21,45)30(41)23(17)28(24)39/h6-9,12,17,21-23,25-26,38,45H,4-5,10-11,13-14H2,1-3H3,(H2,35,43)(H,36,44)/t17-,21-,22?,23?,25?,26-,34-/m1/s1. The number of phenolic OH excluding ortho intramolecular Hbond substituents is 1. The van der Waals surface area contributed by atoms with E-state index in [1.807, 2.05) is 31.2 Å². The number of ketones is 4. The molecule has 2 aromatic carbocycles. The first-order chi connectivity index (χ1) is 21.8. The summed E-state index contributed by atoms with van der Waals surface area (Å²) in [6.45, 7) is 2.29. The summed E-state index contributed by atoms with van der Waals surface area (Å²) < 4.78 is 5.46. The Bertz CT molecular complexity index is 1680. The molecule has 1 saturated heterocycles. The number of benzene rings is 2. The number of phenols is 1. The van der Waals surface area contributed by atoms with E-state index in [4.69, 9.17) is 10.5 Å². The number of hydrogen-bond donors (Lipinski definition) is 4. The first-order valence-corrected chi connectivity index (χ1v) is 15.5. The monoisotopic (exact) mass is 631 g/mol. The summed E-state index contributed by atoms with van der Waals surface area (Å²) in [6.07, 6.45) is 0.800. The van der Waals surface area contributed by atoms with E-state index in [1.54, 1.807) is 20.2 Å². The van der Waals surface area contributed by atoms with Gasteiger partial charge in [-0.15, -0.1) is 0 Å². The SMILES string of the molecule is Cc1ccc(-c2cc(CNC(=O)C3CCCO3)c(O)c3c2C[C@@H]2C[C@@H]4[C@@H](N(C)C)C(=O)C(C(N)=O)C(=O)[C@]4(O)C(=O)C2C3=O)cc1. The number of amides is 2. The van der Waals surface area contributed by atoms with Crippen molar-refractivity contribution in [3.8, 4) is 16.9 Å². The minimum absolute atomic E-state index is 0.0445. The van der Waals surface area contributed by atoms with E-state index < -0.39 is 76.2 Å². The number of aryl methyl sites for hydroxylation is 1. The molecule has 1 heterocycles. The molecular formula is C34H37N3O9. The molecule has 3 fully saturated rings. The molecule has 12 heteroatoms. The Morgan fingerprint density at radius 1 is 1.11 bits per heavy atom. The summed E-state index contributed by atoms with van der Waals surface area (Å²) in [6, 6.07) is 8.10. The number of carbonyl (C=O) groups is 6. The van der Waals surface area contributed by atoms with E-state index in [0.29, 0.717) is 24.2 Å². The fraction of sp³-hybridized carbons (Fsp3) is 0.471. The molecule has 3 aliphatic carbocycles. The quantitative estimate of drug-likeness (QED) is 0.329. The van der Waals surface area contributed by atoms with Crippen molar-refractivity contribution in [3.05, 3.63) is 52.6 Å². The van der Waals surface area contributed by atoms with Gasteiger partial charge in [-0.05, 0) is 75.4 Å². The molecule has 12 nitrogen and oxygen atoms in total. The number of hydrogen-bond acceptors (Lipinski definition) is 10. The van der Waals surface area contributed by atoms with Gasteiger partial charge in [0.15, 0.2) is 34.7 Å². The van der Waals surface area contributed by atoms with Crippen LogP contribution in [-0.2, 0) is 41.7 Å². The molecular weight excluding hydrogens is 594 g/mol. The van der Waals surface area contributed by atoms with Crippen molar-refractivity contribution < 1.29 is 43.7 Å². The zero-order chi connectivity index (χ0) is 33.2. The topological polar surface area (TPSA) is 193 Å². The number of likely N-dealkylation sites (N-methyl/N-ethyl adjacent to an activating group) is 1. The third kappa shape index (κ3) is 4.78. The van der Waals surface area contributed by atoms with E-state index in [0.717, 1.165) is 17.5 Å². The first kappa shape index (κ1) is 31.7. The van der Waals surface area contributed by atoms with Gasteiger partial charge in [-0.2, -0.15) is 0 Å². The number of nitrogens with one attached hydrogen (secondary N) is 1. The Kier molecular flexibility index (Phi) is 7.94. The summed E-state index contributed by atoms with van der Waals surface area (Å²) in [5, 5.41) is 26.2. The van der Waals surface area contributed by atoms with Gasteiger partial charge in [-0.25, -0.2) is 0 Å². The van der Waals surface area contributed by atoms with Gasteiger partial charge in [0, 0.05) is 24.6 Å². The van der Waals surface area contributed by atoms with Gasteiger partial charge in [0.1, 0.15) is 11.9 Å². The molecule has 46 heavy (non-hydrogen) atoms. The van der Waals surface area contributed by atoms with Crippen molar-refractivity contribution >= 4 is 34.9 Å². The Hall–Kier alpha value is -4.26. The highest BCUT2D eigenvalue weighted by atomic mass is 16.5. The number of carbonyl (C=O) groups excluding carboxylic acids is 6. The van der Waals surface area contributed by atoms with Crippen LogP contribution in [0.2, 0.25) is 0 Å². The highest BCUT2D eigenvalue weighted by Crippen LogP contribution is 2.52. The first-order valence-electron chi connectivity index (χ1n) is 15.5. The Morgan fingerprint density at radius 2 is 1.80 bits per heavy atom. The van der Waals surface area contributed by atoms with Gasteiger partial charge < -0.3 is 26.0 Å². The largest absolute Gasteiger partial charge is 0.507 e. The van der Waals surface area contributed by atoms with E-state index in [2.05, 4.69) is 5.32 Å². The molecule has 4 aliphatic rings. The lowest BCUT2D eigenvalue weighted by Gasteiger charge is -2.52. The van der Waals surface area contributed by atoms with Crippen molar-refractivity contribution in [1.82, 2.24) is 10.2 Å². The minimum atomic E-state index is -2.81. The number of fused-ring (bicyclic) bond motifs is 3. The molecule has 0 radical (unpaired) electrons. The number of nitrogens with two attached hydrogens (primary N) is 1. The third-order valence-corrected chi connectivity index (χ3v) is 10.2. The Morgan fingerprint density at radius 3 is 2.41 bits per heavy atom. The molecule has 1 aliphatic heterocycles. The second-order valence-corrected chi connectivity index (χ2v) is 13.2. The average molecular weight is 632 g/mol. The summed E-state index contributed by atoms with van der Waals surface area (Å²) >= 11 is 0. The molecule has 7 atom stereocenters. The predicted molar refractivity (Wildman–Crippen MR) is 162 cm³/mol. The summed E-state index contributed by atoms with van der Waals surface area (Å²) in [5.41, 5.74) is 5.59. The zero-order valence-electron chi connectivity index (χ0n) is 25.9. The lowest BCUT2D eigenvalue weighted by atomic mass is 9.52. The van der Waals surface area contributed by atoms with Crippen molar-refractivity contribution in [2.45, 2.75) is 56.9 Å². The number of aromatic hydroxyl groups is 1. The molecule has 3 unspecified atom stereocenters. The minimum Gasteiger partial charge on any atom is -0.507 e. The molecule has 0 spiro atoms. The number of nitrogens with zero attached hydrogens (tertiary/aromatic N) is 1. The van der Waals surface area contributed by atoms with Crippen LogP contribution in [0.5, 0.6) is 5.75 Å². The highest BCUT2D eigenvalue weighted by Gasteiger charge is 2.69. The number of Topliss-reactive ketones (excluding diaryl/α,β-unsaturated/α-hetero) is 4. The van der Waals surface area contributed by atoms with Crippen LogP contribution < -0.4 is 11.1 Å². The average Bonchev–Trinajstić information content (AvgIpc) is 3.54. The van der Waals surface area contributed by atoms with Crippen molar-refractivity contribution in [1.29, 1.82) is 0 Å². The molecule has 0 aromatic heterocycles. The van der Waals surface area contributed by atoms with E-state index in [-0.39, 0.29) is 36.4 Å². The lowest BCUT2D eigenvalue weighted by molar-refractivity contribution is -0.181. The summed E-state index contributed by atoms with van der Waals surface area (Å²) in [4.78, 5) is 81.9. The van der Waals surface area contributed by atoms with Crippen LogP contribution in [0, 0.1) is 30.6 Å². The van der Waals surface area contributed by atoms with Crippen molar-refractivity contribution in [2.75, 3.05) is 20.7 Å². The molecule has 0 bridgehead atoms. The van der Waals surface area contributed by atoms with Crippen LogP contribution in [0.25, 0.3) is 11.1 Å². The smallest absolute Gasteiger partial charge is 0.249 e. The maximum Gasteiger partial charge on any atom is 0.249 e. The van der Waals surface area contributed by atoms with Crippen LogP contribution in [0.15, 0.2) is 30.3 Å². The predicted octanol–water partition coefficient (Wildman–Crippen LogP) is 0.638. The summed E-state index contributed by atoms with van der Waals surface area (Å²) in [7, 11) is 3.09. The van der Waals surface area contributed by atoms with Gasteiger partial charge in [-0.3, -0.25) is 33.7 Å². The van der Waals surface area contributed by atoms with Crippen LogP contribution >= 0.6 is 0 Å². The fourth-order valence-corrected chi connectivity index (χ4v) is 7.93. The number of ether oxygens (including phenoxy) is 1. The Labute approximate surface area is 265 Å². The molecule has 242 valence electrons. The maximum absolute atomic E-state index is 14.4. The van der Waals surface area contributed by atoms with Gasteiger partial charge in [0.25, 0.3) is 0 Å². The van der Waals surface area contributed by atoms with Gasteiger partial charge >= 0.3 is 0 Å². The van der Waals surface area contributed by atoms with Crippen LogP contribution in [0.1, 0.15) is 46.3 Å². The van der Waals surface area contributed by atoms with Gasteiger partial charge in [0.2, 0.25) is 11.8 Å². The van der Waals surface area contributed by atoms with Crippen molar-refractivity contribution in [2.24, 2.45) is 29.4 Å². The zero-order valence-corrected chi connectivity index (χ0v) is 25.9. The van der Waals surface area contributed by atoms with Gasteiger partial charge in [0.05, 0.1) is 17.5 Å². The number of rotatable bonds is 6. The van der Waals surface area contributed by atoms with E-state index >= 15 is 0 Å². The fourth-order valence-electron chi connectivity index (χ4n) is 7.93. The molecule has 2 aromatic rings. The van der Waals surface area contributed by atoms with Crippen LogP contribution in [0.4, 0.5) is 0 Å². The van der Waals surface area contributed by atoms with Crippen LogP contribution in [0.3, 0.4) is 0 Å². The lowest BCUT2D eigenvalue weighted by Crippen LogP contribution is -2.74. The van der Waals surface area contributed by atoms with E-state index in [9.17, 15) is 39.0 Å². The Balaban J connectivity index is 1.46. The van der Waals surface area contributed by atoms with E-state index in [1.165, 1.54) is 4.90 Å². The normalized spacial score (nSPS) is 30.5. The second kappa shape index (κ2) is 11.5. The van der Waals surface area contributed by atoms with Crippen molar-refractivity contribution in [3.63, 3.8) is 0 Å². The second-order valence-electron chi connectivity index (χ2n) is 13.2. The third-order valence-electron chi connectivity index (χ3n) is 10.2.